The first-order chi connectivity index (χ1) is 38.4. The molecule has 0 aliphatic carbocycles. The number of aliphatic hydroxyl groups is 9. The predicted octanol–water partition coefficient (Wildman–Crippen LogP) is -5.38. The topological polar surface area (TPSA) is 440 Å². The van der Waals surface area contributed by atoms with Crippen LogP contribution in [0.15, 0.2) is 0 Å². The molecule has 17 N–H and O–H groups in total. The predicted molar refractivity (Wildman–Crippen MR) is 284 cm³/mol. The first-order valence-corrected chi connectivity index (χ1v) is 28.0. The van der Waals surface area contributed by atoms with Gasteiger partial charge in [-0.05, 0) is 70.8 Å². The van der Waals surface area contributed by atoms with E-state index in [-0.39, 0.29) is 77.5 Å². The Bertz CT molecular complexity index is 1960. The Morgan fingerprint density at radius 1 is 0.637 bits per heavy atom. The van der Waals surface area contributed by atoms with Gasteiger partial charge in [0.05, 0.1) is 89.4 Å². The van der Waals surface area contributed by atoms with Crippen molar-refractivity contribution < 1.29 is 99.9 Å². The maximum absolute atomic E-state index is 14.5. The Balaban J connectivity index is 1.80. The second kappa shape index (κ2) is 36.5. The van der Waals surface area contributed by atoms with Gasteiger partial charge in [-0.3, -0.25) is 38.9 Å². The molecule has 3 aliphatic heterocycles. The molecule has 0 spiro atoms. The van der Waals surface area contributed by atoms with Crippen molar-refractivity contribution in [1.29, 1.82) is 0 Å². The molecule has 462 valence electrons. The van der Waals surface area contributed by atoms with Crippen LogP contribution in [0.4, 0.5) is 0 Å². The number of carbonyl (C=O) groups is 7. The Kier molecular flexibility index (Phi) is 31.2. The van der Waals surface area contributed by atoms with Gasteiger partial charge in [-0.15, -0.1) is 0 Å². The summed E-state index contributed by atoms with van der Waals surface area (Å²) in [5, 5.41) is 108. The summed E-state index contributed by atoms with van der Waals surface area (Å²) in [6.07, 6.45) is -11.0. The molecule has 3 fully saturated rings. The van der Waals surface area contributed by atoms with Gasteiger partial charge in [0.1, 0.15) is 56.3 Å². The lowest BCUT2D eigenvalue weighted by molar-refractivity contribution is -0.196. The van der Waals surface area contributed by atoms with Crippen molar-refractivity contribution in [3.05, 3.63) is 0 Å². The maximum Gasteiger partial charge on any atom is 0.236 e. The van der Waals surface area contributed by atoms with Gasteiger partial charge in [0.2, 0.25) is 35.4 Å². The lowest BCUT2D eigenvalue weighted by atomic mass is 9.89. The average Bonchev–Trinajstić information content (AvgIpc) is 3.44. The number of Topliss-reactive ketones (excluding diaryl/α,β-unsaturated/α-hetero) is 1. The Morgan fingerprint density at radius 3 is 1.51 bits per heavy atom. The zero-order valence-electron chi connectivity index (χ0n) is 47.9. The number of ketones is 1. The normalized spacial score (nSPS) is 30.1. The van der Waals surface area contributed by atoms with Crippen LogP contribution in [0.5, 0.6) is 0 Å². The van der Waals surface area contributed by atoms with Crippen LogP contribution in [0.2, 0.25) is 1.41 Å². The molecule has 0 bridgehead atoms. The number of hydrogen-bond acceptors (Lipinski definition) is 22. The number of hydrogen-bond donors (Lipinski definition) is 16. The average molecular weight is 1150 g/mol. The largest absolute Gasteiger partial charge is 0.394 e. The highest BCUT2D eigenvalue weighted by Gasteiger charge is 2.47. The highest BCUT2D eigenvalue weighted by atomic mass is 16.5. The van der Waals surface area contributed by atoms with Crippen LogP contribution in [0.3, 0.4) is 0 Å². The summed E-state index contributed by atoms with van der Waals surface area (Å²) < 4.78 is 32.2. The zero-order chi connectivity index (χ0) is 60.5. The lowest BCUT2D eigenvalue weighted by Gasteiger charge is -2.42. The van der Waals surface area contributed by atoms with Gasteiger partial charge in [-0.2, -0.15) is 0 Å². The quantitative estimate of drug-likeness (QED) is 0.0204. The summed E-state index contributed by atoms with van der Waals surface area (Å²) in [5.41, 5.74) is 5.40. The van der Waals surface area contributed by atoms with E-state index in [1.807, 2.05) is 6.92 Å². The van der Waals surface area contributed by atoms with E-state index in [9.17, 15) is 79.5 Å². The van der Waals surface area contributed by atoms with Crippen LogP contribution in [0.1, 0.15) is 112 Å². The Morgan fingerprint density at radius 2 is 1.09 bits per heavy atom. The Labute approximate surface area is 469 Å². The minimum Gasteiger partial charge on any atom is -0.394 e. The molecule has 0 saturated carbocycles. The van der Waals surface area contributed by atoms with E-state index in [0.29, 0.717) is 38.5 Å². The number of aliphatic hydroxyl groups excluding tert-OH is 9. The molecule has 3 aliphatic rings. The second-order valence-corrected chi connectivity index (χ2v) is 21.3. The van der Waals surface area contributed by atoms with Crippen molar-refractivity contribution in [2.45, 2.75) is 203 Å². The number of rotatable bonds is 37. The second-order valence-electron chi connectivity index (χ2n) is 21.3. The number of ether oxygens (including phenoxy) is 4. The number of unbranched alkanes of at least 4 members (excludes halogenated alkanes) is 3. The minimum absolute atomic E-state index is 0.0101. The number of nitrogens with one attached hydrogen (secondary N) is 6. The lowest BCUT2D eigenvalue weighted by Crippen LogP contribution is -2.63. The molecule has 18 atom stereocenters. The third-order valence-electron chi connectivity index (χ3n) is 15.0. The number of amides is 6. The fourth-order valence-corrected chi connectivity index (χ4v) is 10.4. The van der Waals surface area contributed by atoms with E-state index in [2.05, 4.69) is 26.6 Å². The molecule has 0 aromatic carbocycles. The number of nitrogens with two attached hydrogens (primary N) is 1. The fraction of sp³-hybridized carbons (Fsp3) is 0.865. The molecule has 3 heterocycles. The third-order valence-corrected chi connectivity index (χ3v) is 15.0. The van der Waals surface area contributed by atoms with Crippen LogP contribution in [-0.2, 0) is 52.5 Å². The van der Waals surface area contributed by atoms with Gasteiger partial charge in [-0.1, -0.05) is 26.7 Å². The molecule has 28 nitrogen and oxygen atoms in total. The van der Waals surface area contributed by atoms with Gasteiger partial charge < -0.3 is 102 Å². The van der Waals surface area contributed by atoms with Gasteiger partial charge in [0.25, 0.3) is 0 Å². The minimum atomic E-state index is -1.49. The summed E-state index contributed by atoms with van der Waals surface area (Å²) >= 11 is 0. The number of primary amides is 1. The van der Waals surface area contributed by atoms with Crippen LogP contribution in [-0.4, -0.2) is 249 Å². The maximum atomic E-state index is 14.5. The van der Waals surface area contributed by atoms with Crippen LogP contribution in [0, 0.1) is 17.8 Å². The first kappa shape index (κ1) is 68.4. The van der Waals surface area contributed by atoms with E-state index in [1.165, 1.54) is 25.7 Å². The van der Waals surface area contributed by atoms with Gasteiger partial charge in [-0.25, -0.2) is 0 Å². The molecule has 0 aromatic heterocycles. The summed E-state index contributed by atoms with van der Waals surface area (Å²) in [5.74, 6) is -5.09. The highest BCUT2D eigenvalue weighted by Crippen LogP contribution is 2.28. The van der Waals surface area contributed by atoms with Crippen molar-refractivity contribution in [3.8, 4) is 0 Å². The molecule has 3 unspecified atom stereocenters. The molecule has 3 rings (SSSR count). The van der Waals surface area contributed by atoms with Crippen molar-refractivity contribution in [3.63, 3.8) is 0 Å². The molecule has 3 saturated heterocycles. The summed E-state index contributed by atoms with van der Waals surface area (Å²) in [4.78, 5) is 90.6. The fourth-order valence-electron chi connectivity index (χ4n) is 10.4. The molecular weight excluding hydrogens is 1060 g/mol. The number of nitrogens with zero attached hydrogens (tertiary/aromatic N) is 1. The van der Waals surface area contributed by atoms with Crippen molar-refractivity contribution in [2.24, 2.45) is 23.5 Å². The van der Waals surface area contributed by atoms with Crippen molar-refractivity contribution in [1.82, 2.24) is 36.8 Å². The standard InChI is InChI=1S/C52H94N8O20/c1-6-32(19-28(2)51(53)75)52(76)56-26-55-27-77-25-33(13-7-8-14-35-42(57-29(3)64)48(72)45(69)38(22-61)78-35)34(67)21-60(18-12-10-16-37-44(59-31(5)66)50(74)47(71)40(24-63)80-37)41(68)20-54-17-11-9-15-36-43(58-30(4)65)49(73)46(70)39(23-62)79-36/h28,32-33,35-40,42-50,54-55,61-63,69-74H,6-27H2,1-5H3,(H2,53,75)(H,56,76)(H,57,64)(H,58,65)(H,59,66)/t28?,32?,33?,35-,36-,37+,38-,39-,40+,42+,43+,44-,45+,46+,47-,48-,49-,50+/m1/s1/i/hT. The Hall–Kier alpha value is -4.11. The molecule has 0 aromatic rings. The molecule has 28 heteroatoms. The van der Waals surface area contributed by atoms with Crippen molar-refractivity contribution >= 4 is 41.2 Å². The van der Waals surface area contributed by atoms with Gasteiger partial charge in [0, 0.05) is 45.1 Å². The zero-order valence-corrected chi connectivity index (χ0v) is 46.9. The van der Waals surface area contributed by atoms with E-state index in [4.69, 9.17) is 26.1 Å². The summed E-state index contributed by atoms with van der Waals surface area (Å²) in [6.45, 7) is 4.26. The molecule has 0 radical (unpaired) electrons. The van der Waals surface area contributed by atoms with Crippen LogP contribution in [0.25, 0.3) is 0 Å². The summed E-state index contributed by atoms with van der Waals surface area (Å²) in [6, 6.07) is -3.02. The van der Waals surface area contributed by atoms with Gasteiger partial charge >= 0.3 is 0 Å². The van der Waals surface area contributed by atoms with E-state index >= 15 is 0 Å². The SMILES string of the molecule is [3H]N(CCCC[C@H]1O[C@H](CO)[C@H](O)[C@H](O)[C@H]1NC(C)=O)CC(=O)N(CCCC[C@@H]1O[C@@H](CO)[C@@H](O)[C@@H](O)[C@@H]1NC(C)=O)CC(=O)C(CCCC[C@H]1O[C@H](CO)[C@H](O)[C@H](O)[C@H]1NC(C)=O)COCNCNC(=O)C(CC)CC(C)C(N)=O. The smallest absolute Gasteiger partial charge is 0.236 e. The highest BCUT2D eigenvalue weighted by molar-refractivity contribution is 5.88. The molecule has 80 heavy (non-hydrogen) atoms. The number of carbonyl (C=O) groups excluding carboxylic acids is 7. The summed E-state index contributed by atoms with van der Waals surface area (Å²) in [7, 11) is 0. The third kappa shape index (κ3) is 22.6. The monoisotopic (exact) mass is 1150 g/mol. The van der Waals surface area contributed by atoms with E-state index < -0.39 is 177 Å². The van der Waals surface area contributed by atoms with E-state index in [1.54, 1.807) is 6.92 Å². The van der Waals surface area contributed by atoms with E-state index in [0.717, 1.165) is 5.31 Å². The van der Waals surface area contributed by atoms with Crippen LogP contribution < -0.4 is 37.6 Å². The van der Waals surface area contributed by atoms with Gasteiger partial charge in [0.15, 0.2) is 5.78 Å². The van der Waals surface area contributed by atoms with Crippen LogP contribution >= 0.6 is 0 Å². The molecular formula is C52H94N8O20. The molecule has 6 amide bonds. The first-order valence-electron chi connectivity index (χ1n) is 28.4. The van der Waals surface area contributed by atoms with Crippen molar-refractivity contribution in [2.75, 3.05) is 66.0 Å².